The monoisotopic (exact) mass is 292 g/mol. The molecule has 0 radical (unpaired) electrons. The molecule has 0 aliphatic rings. The van der Waals surface area contributed by atoms with Gasteiger partial charge in [0.1, 0.15) is 0 Å². The highest BCUT2D eigenvalue weighted by molar-refractivity contribution is 6.75. The van der Waals surface area contributed by atoms with Crippen LogP contribution in [0.2, 0.25) is 18.1 Å². The summed E-state index contributed by atoms with van der Waals surface area (Å²) in [5.74, 6) is -0.192. The van der Waals surface area contributed by atoms with E-state index in [1.54, 1.807) is 0 Å². The van der Waals surface area contributed by atoms with Crippen LogP contribution in [-0.2, 0) is 9.84 Å². The number of carbonyl (C=O) groups is 1. The maximum Gasteiger partial charge on any atom is 0.324 e. The molecule has 0 spiro atoms. The molecule has 3 heteroatoms. The van der Waals surface area contributed by atoms with Crippen molar-refractivity contribution in [2.75, 3.05) is 0 Å². The molecule has 0 heterocycles. The molecule has 0 aliphatic carbocycles. The zero-order valence-electron chi connectivity index (χ0n) is 14.1. The predicted molar refractivity (Wildman–Crippen MR) is 87.8 cm³/mol. The molecule has 1 aromatic carbocycles. The highest BCUT2D eigenvalue weighted by Crippen LogP contribution is 2.37. The minimum Gasteiger partial charge on any atom is -0.516 e. The minimum atomic E-state index is -2.06. The standard InChI is InChI=1S/C17H28O2Si/c1-16(2,3)14-11-9-10-13(12-14)15(18)19-20(7,8)17(4,5)6/h9-12H,1-8H3. The Balaban J connectivity index is 3.00. The van der Waals surface area contributed by atoms with Crippen molar-refractivity contribution < 1.29 is 9.22 Å². The first-order valence-electron chi connectivity index (χ1n) is 7.18. The zero-order valence-corrected chi connectivity index (χ0v) is 15.1. The highest BCUT2D eigenvalue weighted by Gasteiger charge is 2.40. The normalized spacial score (nSPS) is 13.2. The summed E-state index contributed by atoms with van der Waals surface area (Å²) in [5.41, 5.74) is 1.84. The molecule has 2 nitrogen and oxygen atoms in total. The maximum atomic E-state index is 12.4. The van der Waals surface area contributed by atoms with Gasteiger partial charge in [0.15, 0.2) is 0 Å². The van der Waals surface area contributed by atoms with Gasteiger partial charge in [-0.2, -0.15) is 0 Å². The van der Waals surface area contributed by atoms with Gasteiger partial charge < -0.3 is 4.43 Å². The summed E-state index contributed by atoms with van der Waals surface area (Å²) in [7, 11) is -2.06. The van der Waals surface area contributed by atoms with Gasteiger partial charge in [0, 0.05) is 0 Å². The van der Waals surface area contributed by atoms with Crippen LogP contribution in [0.25, 0.3) is 0 Å². The van der Waals surface area contributed by atoms with Crippen molar-refractivity contribution in [3.05, 3.63) is 35.4 Å². The first-order chi connectivity index (χ1) is 8.84. The SMILES string of the molecule is CC(C)(C)c1cccc(C(=O)O[Si](C)(C)C(C)(C)C)c1. The number of hydrogen-bond donors (Lipinski definition) is 0. The molecule has 0 saturated carbocycles. The van der Waals surface area contributed by atoms with Gasteiger partial charge in [0.25, 0.3) is 8.32 Å². The van der Waals surface area contributed by atoms with Crippen LogP contribution >= 0.6 is 0 Å². The van der Waals surface area contributed by atoms with Crippen LogP contribution < -0.4 is 0 Å². The van der Waals surface area contributed by atoms with Gasteiger partial charge in [0.05, 0.1) is 5.56 Å². The molecular weight excluding hydrogens is 264 g/mol. The second-order valence-electron chi connectivity index (χ2n) is 7.98. The molecule has 112 valence electrons. The summed E-state index contributed by atoms with van der Waals surface area (Å²) < 4.78 is 5.86. The third-order valence-electron chi connectivity index (χ3n) is 4.12. The predicted octanol–water partition coefficient (Wildman–Crippen LogP) is 5.15. The van der Waals surface area contributed by atoms with Crippen LogP contribution in [0, 0.1) is 0 Å². The van der Waals surface area contributed by atoms with Gasteiger partial charge in [-0.05, 0) is 41.2 Å². The molecule has 1 rings (SSSR count). The molecule has 0 saturated heterocycles. The third kappa shape index (κ3) is 3.95. The largest absolute Gasteiger partial charge is 0.516 e. The molecule has 0 unspecified atom stereocenters. The number of hydrogen-bond acceptors (Lipinski definition) is 2. The Morgan fingerprint density at radius 1 is 1.05 bits per heavy atom. The van der Waals surface area contributed by atoms with Gasteiger partial charge >= 0.3 is 5.97 Å². The molecule has 0 atom stereocenters. The van der Waals surface area contributed by atoms with Crippen LogP contribution in [0.4, 0.5) is 0 Å². The van der Waals surface area contributed by atoms with Crippen molar-refractivity contribution >= 4 is 14.3 Å². The van der Waals surface area contributed by atoms with Gasteiger partial charge in [-0.3, -0.25) is 0 Å². The molecular formula is C17H28O2Si. The first-order valence-corrected chi connectivity index (χ1v) is 10.1. The van der Waals surface area contributed by atoms with E-state index in [1.165, 1.54) is 0 Å². The fraction of sp³-hybridized carbons (Fsp3) is 0.588. The molecule has 0 fully saturated rings. The van der Waals surface area contributed by atoms with Crippen molar-refractivity contribution in [1.29, 1.82) is 0 Å². The molecule has 0 bridgehead atoms. The number of rotatable bonds is 2. The zero-order chi connectivity index (χ0) is 15.8. The minimum absolute atomic E-state index is 0.0320. The summed E-state index contributed by atoms with van der Waals surface area (Å²) in [6, 6.07) is 7.78. The van der Waals surface area contributed by atoms with E-state index in [0.29, 0.717) is 5.56 Å². The summed E-state index contributed by atoms with van der Waals surface area (Å²) in [6.07, 6.45) is 0. The highest BCUT2D eigenvalue weighted by atomic mass is 28.4. The Hall–Kier alpha value is -1.09. The maximum absolute atomic E-state index is 12.4. The van der Waals surface area contributed by atoms with E-state index in [-0.39, 0.29) is 16.4 Å². The van der Waals surface area contributed by atoms with Gasteiger partial charge in [-0.25, -0.2) is 4.79 Å². The topological polar surface area (TPSA) is 26.3 Å². The van der Waals surface area contributed by atoms with E-state index in [9.17, 15) is 4.79 Å². The van der Waals surface area contributed by atoms with Crippen LogP contribution in [-0.4, -0.2) is 14.3 Å². The Bertz CT molecular complexity index is 490. The van der Waals surface area contributed by atoms with Crippen molar-refractivity contribution in [2.24, 2.45) is 0 Å². The van der Waals surface area contributed by atoms with Crippen molar-refractivity contribution in [3.63, 3.8) is 0 Å². The Morgan fingerprint density at radius 2 is 1.60 bits per heavy atom. The van der Waals surface area contributed by atoms with E-state index < -0.39 is 8.32 Å². The van der Waals surface area contributed by atoms with Crippen molar-refractivity contribution in [3.8, 4) is 0 Å². The Kier molecular flexibility index (Phi) is 4.54. The summed E-state index contributed by atoms with van der Waals surface area (Å²) in [6.45, 7) is 17.0. The number of benzene rings is 1. The molecule has 1 aromatic rings. The van der Waals surface area contributed by atoms with Crippen LogP contribution in [0.5, 0.6) is 0 Å². The van der Waals surface area contributed by atoms with Crippen LogP contribution in [0.15, 0.2) is 24.3 Å². The summed E-state index contributed by atoms with van der Waals surface area (Å²) in [4.78, 5) is 12.4. The second kappa shape index (κ2) is 5.36. The van der Waals surface area contributed by atoms with Gasteiger partial charge in [-0.1, -0.05) is 53.7 Å². The molecule has 0 aliphatic heterocycles. The molecule has 20 heavy (non-hydrogen) atoms. The van der Waals surface area contributed by atoms with E-state index in [0.717, 1.165) is 5.56 Å². The second-order valence-corrected chi connectivity index (χ2v) is 12.7. The first kappa shape index (κ1) is 17.0. The van der Waals surface area contributed by atoms with Crippen molar-refractivity contribution in [1.82, 2.24) is 0 Å². The van der Waals surface area contributed by atoms with Crippen LogP contribution in [0.3, 0.4) is 0 Å². The molecule has 0 amide bonds. The lowest BCUT2D eigenvalue weighted by Crippen LogP contribution is -2.42. The lowest BCUT2D eigenvalue weighted by molar-refractivity contribution is 0.0712. The Morgan fingerprint density at radius 3 is 2.05 bits per heavy atom. The smallest absolute Gasteiger partial charge is 0.324 e. The molecule has 0 N–H and O–H groups in total. The average molecular weight is 292 g/mol. The van der Waals surface area contributed by atoms with Crippen molar-refractivity contribution in [2.45, 2.75) is 65.1 Å². The summed E-state index contributed by atoms with van der Waals surface area (Å²) in [5, 5.41) is 0.0320. The van der Waals surface area contributed by atoms with Crippen LogP contribution in [0.1, 0.15) is 57.5 Å². The van der Waals surface area contributed by atoms with E-state index in [1.807, 2.05) is 18.2 Å². The Labute approximate surface area is 124 Å². The quantitative estimate of drug-likeness (QED) is 0.705. The van der Waals surface area contributed by atoms with E-state index in [4.69, 9.17) is 4.43 Å². The lowest BCUT2D eigenvalue weighted by atomic mass is 9.86. The van der Waals surface area contributed by atoms with Gasteiger partial charge in [-0.15, -0.1) is 0 Å². The summed E-state index contributed by atoms with van der Waals surface area (Å²) >= 11 is 0. The van der Waals surface area contributed by atoms with Gasteiger partial charge in [0.2, 0.25) is 0 Å². The third-order valence-corrected chi connectivity index (χ3v) is 8.43. The average Bonchev–Trinajstić information content (AvgIpc) is 2.26. The lowest BCUT2D eigenvalue weighted by Gasteiger charge is -2.35. The molecule has 0 aromatic heterocycles. The fourth-order valence-corrected chi connectivity index (χ4v) is 2.44. The fourth-order valence-electron chi connectivity index (χ4n) is 1.56. The number of carbonyl (C=O) groups excluding carboxylic acids is 1. The van der Waals surface area contributed by atoms with E-state index in [2.05, 4.69) is 60.7 Å². The van der Waals surface area contributed by atoms with E-state index >= 15 is 0 Å².